The van der Waals surface area contributed by atoms with Gasteiger partial charge in [-0.15, -0.1) is 0 Å². The van der Waals surface area contributed by atoms with Gasteiger partial charge in [0.2, 0.25) is 0 Å². The molecular weight excluding hydrogens is 364 g/mol. The molecule has 6 heteroatoms. The molecule has 3 rings (SSSR count). The molecule has 1 amide bonds. The molecular formula is C23H30N4O2. The van der Waals surface area contributed by atoms with Crippen molar-refractivity contribution in [2.75, 3.05) is 7.05 Å². The van der Waals surface area contributed by atoms with E-state index in [0.29, 0.717) is 17.7 Å². The maximum atomic E-state index is 13.4. The number of fused-ring (bicyclic) bond motifs is 1. The third kappa shape index (κ3) is 3.97. The second-order valence-electron chi connectivity index (χ2n) is 8.91. The van der Waals surface area contributed by atoms with E-state index in [9.17, 15) is 9.90 Å². The molecule has 6 nitrogen and oxygen atoms in total. The third-order valence-corrected chi connectivity index (χ3v) is 5.04. The first-order chi connectivity index (χ1) is 13.5. The summed E-state index contributed by atoms with van der Waals surface area (Å²) >= 11 is 0. The predicted octanol–water partition coefficient (Wildman–Crippen LogP) is 4.60. The Hall–Kier alpha value is -2.89. The summed E-state index contributed by atoms with van der Waals surface area (Å²) in [6, 6.07) is 8.97. The zero-order chi connectivity index (χ0) is 21.5. The van der Waals surface area contributed by atoms with Crippen LogP contribution in [0.5, 0.6) is 5.75 Å². The Bertz CT molecular complexity index is 1060. The summed E-state index contributed by atoms with van der Waals surface area (Å²) < 4.78 is 1.91. The van der Waals surface area contributed by atoms with Gasteiger partial charge in [-0.1, -0.05) is 32.0 Å². The van der Waals surface area contributed by atoms with Crippen molar-refractivity contribution in [3.63, 3.8) is 0 Å². The number of pyridine rings is 1. The number of phenols is 1. The topological polar surface area (TPSA) is 71.2 Å². The zero-order valence-corrected chi connectivity index (χ0v) is 18.3. The Morgan fingerprint density at radius 1 is 1.24 bits per heavy atom. The molecule has 0 spiro atoms. The molecule has 2 aromatic heterocycles. The summed E-state index contributed by atoms with van der Waals surface area (Å²) in [5, 5.41) is 15.6. The largest absolute Gasteiger partial charge is 0.508 e. The normalized spacial score (nSPS) is 12.0. The van der Waals surface area contributed by atoms with Crippen molar-refractivity contribution in [1.29, 1.82) is 0 Å². The minimum Gasteiger partial charge on any atom is -0.508 e. The molecule has 29 heavy (non-hydrogen) atoms. The standard InChI is InChI=1S/C23H30N4O2/c1-14(2)18-12-17(20-15(3)25-27(21(20)24-18)23(4,5)6)22(29)26(7)13-16-10-8-9-11-19(16)28/h8-12,14,28H,13H2,1-7H3. The highest BCUT2D eigenvalue weighted by Crippen LogP contribution is 2.30. The van der Waals surface area contributed by atoms with E-state index >= 15 is 0 Å². The summed E-state index contributed by atoms with van der Waals surface area (Å²) in [6.45, 7) is 12.6. The summed E-state index contributed by atoms with van der Waals surface area (Å²) in [6.07, 6.45) is 0. The van der Waals surface area contributed by atoms with Crippen LogP contribution in [0.4, 0.5) is 0 Å². The van der Waals surface area contributed by atoms with Crippen molar-refractivity contribution in [3.8, 4) is 5.75 Å². The molecule has 1 aromatic carbocycles. The number of hydrogen-bond donors (Lipinski definition) is 1. The number of aromatic nitrogens is 3. The van der Waals surface area contributed by atoms with Crippen LogP contribution in [0.2, 0.25) is 0 Å². The van der Waals surface area contributed by atoms with E-state index in [-0.39, 0.29) is 23.1 Å². The van der Waals surface area contributed by atoms with E-state index < -0.39 is 0 Å². The van der Waals surface area contributed by atoms with Gasteiger partial charge in [0.1, 0.15) is 5.75 Å². The first-order valence-corrected chi connectivity index (χ1v) is 9.93. The van der Waals surface area contributed by atoms with Crippen molar-refractivity contribution in [1.82, 2.24) is 19.7 Å². The SMILES string of the molecule is Cc1nn(C(C)(C)C)c2nc(C(C)C)cc(C(=O)N(C)Cc3ccccc3O)c12. The number of rotatable bonds is 4. The molecule has 0 aliphatic rings. The Morgan fingerprint density at radius 3 is 2.48 bits per heavy atom. The smallest absolute Gasteiger partial charge is 0.254 e. The van der Waals surface area contributed by atoms with E-state index in [1.54, 1.807) is 24.1 Å². The van der Waals surface area contributed by atoms with Gasteiger partial charge in [0, 0.05) is 24.8 Å². The Kier molecular flexibility index (Phi) is 5.39. The molecule has 0 fully saturated rings. The van der Waals surface area contributed by atoms with Gasteiger partial charge in [-0.05, 0) is 45.7 Å². The highest BCUT2D eigenvalue weighted by atomic mass is 16.3. The van der Waals surface area contributed by atoms with Crippen LogP contribution in [-0.4, -0.2) is 37.7 Å². The quantitative estimate of drug-likeness (QED) is 0.702. The van der Waals surface area contributed by atoms with Crippen LogP contribution in [0.1, 0.15) is 67.8 Å². The number of para-hydroxylation sites is 1. The van der Waals surface area contributed by atoms with Crippen LogP contribution in [-0.2, 0) is 12.1 Å². The van der Waals surface area contributed by atoms with E-state index in [2.05, 4.69) is 34.6 Å². The minimum atomic E-state index is -0.253. The van der Waals surface area contributed by atoms with E-state index in [1.807, 2.05) is 29.8 Å². The summed E-state index contributed by atoms with van der Waals surface area (Å²) in [5.74, 6) is 0.254. The maximum Gasteiger partial charge on any atom is 0.254 e. The van der Waals surface area contributed by atoms with Gasteiger partial charge in [0.15, 0.2) is 5.65 Å². The number of nitrogens with zero attached hydrogens (tertiary/aromatic N) is 4. The average molecular weight is 395 g/mol. The highest BCUT2D eigenvalue weighted by Gasteiger charge is 2.26. The van der Waals surface area contributed by atoms with Crippen molar-refractivity contribution in [2.45, 2.75) is 59.5 Å². The molecule has 0 aliphatic carbocycles. The van der Waals surface area contributed by atoms with Crippen LogP contribution >= 0.6 is 0 Å². The van der Waals surface area contributed by atoms with Crippen LogP contribution in [0, 0.1) is 6.92 Å². The van der Waals surface area contributed by atoms with Crippen molar-refractivity contribution in [2.24, 2.45) is 0 Å². The number of aryl methyl sites for hydroxylation is 1. The van der Waals surface area contributed by atoms with Gasteiger partial charge in [-0.3, -0.25) is 4.79 Å². The molecule has 0 atom stereocenters. The van der Waals surface area contributed by atoms with E-state index in [0.717, 1.165) is 22.4 Å². The van der Waals surface area contributed by atoms with Gasteiger partial charge in [-0.25, -0.2) is 9.67 Å². The lowest BCUT2D eigenvalue weighted by Crippen LogP contribution is -2.27. The number of carbonyl (C=O) groups excluding carboxylic acids is 1. The first-order valence-electron chi connectivity index (χ1n) is 9.93. The second kappa shape index (κ2) is 7.50. The average Bonchev–Trinajstić information content (AvgIpc) is 2.99. The second-order valence-corrected chi connectivity index (χ2v) is 8.91. The lowest BCUT2D eigenvalue weighted by atomic mass is 10.0. The molecule has 0 radical (unpaired) electrons. The van der Waals surface area contributed by atoms with Crippen LogP contribution in [0.25, 0.3) is 11.0 Å². The third-order valence-electron chi connectivity index (χ3n) is 5.04. The summed E-state index contributed by atoms with van der Waals surface area (Å²) in [7, 11) is 1.75. The van der Waals surface area contributed by atoms with Gasteiger partial charge >= 0.3 is 0 Å². The van der Waals surface area contributed by atoms with Gasteiger partial charge < -0.3 is 10.0 Å². The molecule has 3 aromatic rings. The zero-order valence-electron chi connectivity index (χ0n) is 18.3. The molecule has 0 unspecified atom stereocenters. The Labute approximate surface area is 172 Å². The fourth-order valence-electron chi connectivity index (χ4n) is 3.42. The number of benzene rings is 1. The van der Waals surface area contributed by atoms with Crippen molar-refractivity contribution in [3.05, 3.63) is 52.8 Å². The number of aromatic hydroxyl groups is 1. The summed E-state index contributed by atoms with van der Waals surface area (Å²) in [4.78, 5) is 19.9. The predicted molar refractivity (Wildman–Crippen MR) is 115 cm³/mol. The number of carbonyl (C=O) groups is 1. The number of amides is 1. The highest BCUT2D eigenvalue weighted by molar-refractivity contribution is 6.06. The fraction of sp³-hybridized carbons (Fsp3) is 0.435. The molecule has 2 heterocycles. The lowest BCUT2D eigenvalue weighted by Gasteiger charge is -2.22. The number of phenolic OH excluding ortho intramolecular Hbond substituents is 1. The van der Waals surface area contributed by atoms with Gasteiger partial charge in [0.05, 0.1) is 22.2 Å². The van der Waals surface area contributed by atoms with E-state index in [4.69, 9.17) is 10.1 Å². The molecule has 0 saturated heterocycles. The first kappa shape index (κ1) is 20.8. The molecule has 1 N–H and O–H groups in total. The van der Waals surface area contributed by atoms with E-state index in [1.165, 1.54) is 0 Å². The molecule has 0 saturated carbocycles. The monoisotopic (exact) mass is 394 g/mol. The molecule has 0 aliphatic heterocycles. The molecule has 0 bridgehead atoms. The van der Waals surface area contributed by atoms with Crippen molar-refractivity contribution < 1.29 is 9.90 Å². The van der Waals surface area contributed by atoms with Crippen LogP contribution < -0.4 is 0 Å². The Morgan fingerprint density at radius 2 is 1.90 bits per heavy atom. The molecule has 154 valence electrons. The maximum absolute atomic E-state index is 13.4. The minimum absolute atomic E-state index is 0.112. The van der Waals surface area contributed by atoms with Crippen molar-refractivity contribution >= 4 is 16.9 Å². The van der Waals surface area contributed by atoms with Crippen LogP contribution in [0.3, 0.4) is 0 Å². The van der Waals surface area contributed by atoms with Crippen LogP contribution in [0.15, 0.2) is 30.3 Å². The number of hydrogen-bond acceptors (Lipinski definition) is 4. The Balaban J connectivity index is 2.13. The fourth-order valence-corrected chi connectivity index (χ4v) is 3.42. The summed E-state index contributed by atoms with van der Waals surface area (Å²) in [5.41, 5.74) is 3.45. The van der Waals surface area contributed by atoms with Gasteiger partial charge in [0.25, 0.3) is 5.91 Å². The van der Waals surface area contributed by atoms with Gasteiger partial charge in [-0.2, -0.15) is 5.10 Å². The lowest BCUT2D eigenvalue weighted by molar-refractivity contribution is 0.0786.